The summed E-state index contributed by atoms with van der Waals surface area (Å²) in [6.07, 6.45) is 0.346. The Morgan fingerprint density at radius 1 is 0.923 bits per heavy atom. The highest BCUT2D eigenvalue weighted by atomic mass is 19.4. The summed E-state index contributed by atoms with van der Waals surface area (Å²) in [4.78, 5) is 8.42. The summed E-state index contributed by atoms with van der Waals surface area (Å²) in [5.41, 5.74) is 4.20. The molecule has 0 saturated heterocycles. The summed E-state index contributed by atoms with van der Waals surface area (Å²) in [6.45, 7) is 0. The van der Waals surface area contributed by atoms with Crippen LogP contribution in [0.5, 0.6) is 0 Å². The molecule has 0 atom stereocenters. The van der Waals surface area contributed by atoms with Gasteiger partial charge in [-0.2, -0.15) is 13.2 Å². The third-order valence-corrected chi connectivity index (χ3v) is 4.58. The molecule has 0 aliphatic heterocycles. The lowest BCUT2D eigenvalue weighted by atomic mass is 10.1. The quantitative estimate of drug-likeness (QED) is 0.684. The second-order valence-corrected chi connectivity index (χ2v) is 6.29. The summed E-state index contributed by atoms with van der Waals surface area (Å²) in [7, 11) is 0. The van der Waals surface area contributed by atoms with Crippen molar-refractivity contribution in [1.82, 2.24) is 9.97 Å². The van der Waals surface area contributed by atoms with E-state index in [2.05, 4.69) is 21.4 Å². The van der Waals surface area contributed by atoms with Crippen molar-refractivity contribution >= 4 is 11.5 Å². The molecular formula is C20H16F3N3. The number of nitrogens with one attached hydrogen (secondary N) is 1. The summed E-state index contributed by atoms with van der Waals surface area (Å²) in [5.74, 6) is 0.621. The standard InChI is InChI=1S/C20H16F3N3/c21-20(22,23)15-9-7-14(8-10-15)18-11-19(25-12-24-18)26-17-6-2-4-13-3-1-5-16(13)17/h2,4,6-12H,1,3,5H2,(H,24,25,26). The second-order valence-electron chi connectivity index (χ2n) is 6.29. The van der Waals surface area contributed by atoms with E-state index in [4.69, 9.17) is 0 Å². The summed E-state index contributed by atoms with van der Waals surface area (Å²) >= 11 is 0. The minimum absolute atomic E-state index is 0.573. The highest BCUT2D eigenvalue weighted by Crippen LogP contribution is 2.32. The van der Waals surface area contributed by atoms with Crippen LogP contribution >= 0.6 is 0 Å². The van der Waals surface area contributed by atoms with Gasteiger partial charge in [0.25, 0.3) is 0 Å². The Hall–Kier alpha value is -2.89. The predicted molar refractivity (Wildman–Crippen MR) is 94.2 cm³/mol. The van der Waals surface area contributed by atoms with Crippen LogP contribution in [0.25, 0.3) is 11.3 Å². The molecule has 0 spiro atoms. The summed E-state index contributed by atoms with van der Waals surface area (Å²) in [6, 6.07) is 12.9. The van der Waals surface area contributed by atoms with Crippen LogP contribution < -0.4 is 5.32 Å². The van der Waals surface area contributed by atoms with Crippen molar-refractivity contribution in [3.05, 3.63) is 71.5 Å². The van der Waals surface area contributed by atoms with Crippen LogP contribution in [0.2, 0.25) is 0 Å². The van der Waals surface area contributed by atoms with Crippen molar-refractivity contribution in [2.24, 2.45) is 0 Å². The van der Waals surface area contributed by atoms with Gasteiger partial charge in [-0.15, -0.1) is 0 Å². The van der Waals surface area contributed by atoms with E-state index in [-0.39, 0.29) is 0 Å². The molecular weight excluding hydrogens is 339 g/mol. The molecule has 0 radical (unpaired) electrons. The number of hydrogen-bond acceptors (Lipinski definition) is 3. The SMILES string of the molecule is FC(F)(F)c1ccc(-c2cc(Nc3cccc4c3CCC4)ncn2)cc1. The zero-order valence-electron chi connectivity index (χ0n) is 13.8. The van der Waals surface area contributed by atoms with Crippen molar-refractivity contribution < 1.29 is 13.2 Å². The number of aryl methyl sites for hydroxylation is 1. The van der Waals surface area contributed by atoms with Crippen molar-refractivity contribution in [3.8, 4) is 11.3 Å². The average Bonchev–Trinajstić information content (AvgIpc) is 3.11. The maximum absolute atomic E-state index is 12.7. The fourth-order valence-corrected chi connectivity index (χ4v) is 3.29. The molecule has 0 saturated carbocycles. The maximum Gasteiger partial charge on any atom is 0.416 e. The highest BCUT2D eigenvalue weighted by Gasteiger charge is 2.30. The molecule has 1 aromatic heterocycles. The molecule has 1 N–H and O–H groups in total. The second kappa shape index (κ2) is 6.44. The van der Waals surface area contributed by atoms with Crippen LogP contribution in [0.1, 0.15) is 23.1 Å². The molecule has 4 rings (SSSR count). The van der Waals surface area contributed by atoms with Gasteiger partial charge in [0.05, 0.1) is 11.3 Å². The summed E-state index contributed by atoms with van der Waals surface area (Å²) < 4.78 is 38.1. The molecule has 2 aromatic carbocycles. The number of halogens is 3. The van der Waals surface area contributed by atoms with Gasteiger partial charge in [0.2, 0.25) is 0 Å². The smallest absolute Gasteiger partial charge is 0.340 e. The van der Waals surface area contributed by atoms with Crippen molar-refractivity contribution in [2.75, 3.05) is 5.32 Å². The van der Waals surface area contributed by atoms with E-state index in [1.807, 2.05) is 12.1 Å². The van der Waals surface area contributed by atoms with Gasteiger partial charge in [0.1, 0.15) is 12.1 Å². The van der Waals surface area contributed by atoms with Crippen LogP contribution in [0.3, 0.4) is 0 Å². The molecule has 0 unspecified atom stereocenters. The fraction of sp³-hybridized carbons (Fsp3) is 0.200. The molecule has 26 heavy (non-hydrogen) atoms. The molecule has 6 heteroatoms. The predicted octanol–water partition coefficient (Wildman–Crippen LogP) is 5.39. The lowest BCUT2D eigenvalue weighted by molar-refractivity contribution is -0.137. The van der Waals surface area contributed by atoms with Crippen LogP contribution in [-0.2, 0) is 19.0 Å². The number of benzene rings is 2. The molecule has 0 amide bonds. The van der Waals surface area contributed by atoms with Gasteiger partial charge in [-0.1, -0.05) is 24.3 Å². The van der Waals surface area contributed by atoms with Crippen molar-refractivity contribution in [2.45, 2.75) is 25.4 Å². The Bertz CT molecular complexity index is 934. The number of nitrogens with zero attached hydrogens (tertiary/aromatic N) is 2. The number of hydrogen-bond donors (Lipinski definition) is 1. The maximum atomic E-state index is 12.7. The molecule has 0 bridgehead atoms. The van der Waals surface area contributed by atoms with Gasteiger partial charge < -0.3 is 5.32 Å². The Balaban J connectivity index is 1.60. The van der Waals surface area contributed by atoms with Crippen molar-refractivity contribution in [1.29, 1.82) is 0 Å². The summed E-state index contributed by atoms with van der Waals surface area (Å²) in [5, 5.41) is 3.32. The highest BCUT2D eigenvalue weighted by molar-refractivity contribution is 5.68. The average molecular weight is 355 g/mol. The first kappa shape index (κ1) is 16.6. The first-order chi connectivity index (χ1) is 12.5. The van der Waals surface area contributed by atoms with Gasteiger partial charge in [0, 0.05) is 17.3 Å². The van der Waals surface area contributed by atoms with Gasteiger partial charge in [-0.25, -0.2) is 9.97 Å². The zero-order chi connectivity index (χ0) is 18.1. The van der Waals surface area contributed by atoms with Crippen LogP contribution in [-0.4, -0.2) is 9.97 Å². The Kier molecular flexibility index (Phi) is 4.11. The lowest BCUT2D eigenvalue weighted by Crippen LogP contribution is -2.04. The number of rotatable bonds is 3. The number of anilines is 2. The Labute approximate surface area is 148 Å². The Morgan fingerprint density at radius 3 is 2.50 bits per heavy atom. The lowest BCUT2D eigenvalue weighted by Gasteiger charge is -2.12. The third-order valence-electron chi connectivity index (χ3n) is 4.58. The first-order valence-corrected chi connectivity index (χ1v) is 8.38. The molecule has 0 fully saturated rings. The van der Waals surface area contributed by atoms with Gasteiger partial charge >= 0.3 is 6.18 Å². The van der Waals surface area contributed by atoms with Gasteiger partial charge in [-0.05, 0) is 48.6 Å². The van der Waals surface area contributed by atoms with Gasteiger partial charge in [-0.3, -0.25) is 0 Å². The number of aromatic nitrogens is 2. The minimum atomic E-state index is -4.34. The van der Waals surface area contributed by atoms with Gasteiger partial charge in [0.15, 0.2) is 0 Å². The normalized spacial score (nSPS) is 13.5. The molecule has 1 aliphatic carbocycles. The topological polar surface area (TPSA) is 37.8 Å². The first-order valence-electron chi connectivity index (χ1n) is 8.38. The third kappa shape index (κ3) is 3.27. The fourth-order valence-electron chi connectivity index (χ4n) is 3.29. The van der Waals surface area contributed by atoms with E-state index >= 15 is 0 Å². The van der Waals surface area contributed by atoms with Crippen LogP contribution in [0.4, 0.5) is 24.7 Å². The van der Waals surface area contributed by atoms with E-state index in [1.165, 1.54) is 29.6 Å². The largest absolute Gasteiger partial charge is 0.416 e. The molecule has 3 aromatic rings. The monoisotopic (exact) mass is 355 g/mol. The van der Waals surface area contributed by atoms with E-state index in [0.717, 1.165) is 37.1 Å². The van der Waals surface area contributed by atoms with Crippen LogP contribution in [0, 0.1) is 0 Å². The molecule has 1 aliphatic rings. The van der Waals surface area contributed by atoms with Crippen LogP contribution in [0.15, 0.2) is 54.9 Å². The van der Waals surface area contributed by atoms with E-state index < -0.39 is 11.7 Å². The Morgan fingerprint density at radius 2 is 1.73 bits per heavy atom. The van der Waals surface area contributed by atoms with Crippen molar-refractivity contribution in [3.63, 3.8) is 0 Å². The molecule has 132 valence electrons. The minimum Gasteiger partial charge on any atom is -0.340 e. The molecule has 3 nitrogen and oxygen atoms in total. The molecule has 1 heterocycles. The number of fused-ring (bicyclic) bond motifs is 1. The number of alkyl halides is 3. The van der Waals surface area contributed by atoms with E-state index in [9.17, 15) is 13.2 Å². The van der Waals surface area contributed by atoms with E-state index in [0.29, 0.717) is 17.1 Å². The zero-order valence-corrected chi connectivity index (χ0v) is 13.8. The van der Waals surface area contributed by atoms with E-state index in [1.54, 1.807) is 6.07 Å².